The fourth-order valence-electron chi connectivity index (χ4n) is 5.36. The number of nitrogens with one attached hydrogen (secondary N) is 1. The van der Waals surface area contributed by atoms with E-state index in [9.17, 15) is 20.1 Å². The number of hydrogen-bond donors (Lipinski definition) is 8. The highest BCUT2D eigenvalue weighted by molar-refractivity contribution is 8.18. The Hall–Kier alpha value is -2.03. The number of carbonyl (C=O) groups is 1. The molecule has 2 rings (SSSR count). The third kappa shape index (κ3) is 14.3. The molecule has 0 aliphatic heterocycles. The molecule has 12 heteroatoms. The normalized spacial score (nSPS) is 15.3. The number of rotatable bonds is 13. The molecule has 0 aliphatic carbocycles. The quantitative estimate of drug-likeness (QED) is 0.0843. The molecule has 0 amide bonds. The molecular weight excluding hydrogens is 703 g/mol. The fourth-order valence-corrected chi connectivity index (χ4v) is 7.94. The van der Waals surface area contributed by atoms with Crippen molar-refractivity contribution in [1.29, 1.82) is 0 Å². The van der Waals surface area contributed by atoms with Gasteiger partial charge in [0.2, 0.25) is 0 Å². The number of aromatic hydroxyl groups is 1. The second kappa shape index (κ2) is 18.5. The smallest absolute Gasteiger partial charge is 0.341 e. The van der Waals surface area contributed by atoms with Gasteiger partial charge in [-0.2, -0.15) is 0 Å². The average molecular weight is 770 g/mol. The molecule has 10 nitrogen and oxygen atoms in total. The Labute approximate surface area is 320 Å². The van der Waals surface area contributed by atoms with E-state index in [1.165, 1.54) is 0 Å². The number of aliphatic hydroxyl groups excluding tert-OH is 5. The summed E-state index contributed by atoms with van der Waals surface area (Å²) in [6.45, 7) is 29.1. The number of likely N-dealkylation sites (N-methyl/N-ethyl adjacent to an activating group) is 1. The Morgan fingerprint density at radius 1 is 0.673 bits per heavy atom. The number of carboxylic acid groups (broad SMARTS) is 1. The first-order chi connectivity index (χ1) is 23.4. The van der Waals surface area contributed by atoms with Crippen LogP contribution in [0.4, 0.5) is 0 Å². The van der Waals surface area contributed by atoms with Gasteiger partial charge >= 0.3 is 5.97 Å². The first kappa shape index (κ1) is 48.0. The maximum Gasteiger partial charge on any atom is 0.341 e. The van der Waals surface area contributed by atoms with E-state index in [4.69, 9.17) is 25.2 Å². The molecule has 2 aromatic carbocycles. The molecule has 0 saturated heterocycles. The van der Waals surface area contributed by atoms with Gasteiger partial charge in [0, 0.05) is 38.6 Å². The molecule has 0 saturated carbocycles. The number of aliphatic hydroxyl groups is 5. The molecule has 4 atom stereocenters. The number of benzene rings is 2. The van der Waals surface area contributed by atoms with Gasteiger partial charge in [-0.25, -0.2) is 4.79 Å². The van der Waals surface area contributed by atoms with Crippen LogP contribution in [0, 0.1) is 0 Å². The van der Waals surface area contributed by atoms with Gasteiger partial charge in [0.15, 0.2) is 6.61 Å². The summed E-state index contributed by atoms with van der Waals surface area (Å²) in [7, 11) is 1.57. The maximum atomic E-state index is 11.4. The number of phenols is 1. The van der Waals surface area contributed by atoms with Gasteiger partial charge in [-0.3, -0.25) is 0 Å². The summed E-state index contributed by atoms with van der Waals surface area (Å²) in [6, 6.07) is 8.61. The van der Waals surface area contributed by atoms with Crippen LogP contribution in [0.3, 0.4) is 0 Å². The number of phenolic OH excluding ortho intramolecular Hbond substituents is 1. The zero-order valence-corrected chi connectivity index (χ0v) is 35.6. The van der Waals surface area contributed by atoms with Crippen LogP contribution in [0.2, 0.25) is 0 Å². The van der Waals surface area contributed by atoms with Gasteiger partial charge in [-0.05, 0) is 66.8 Å². The van der Waals surface area contributed by atoms with Crippen LogP contribution >= 0.6 is 23.5 Å². The van der Waals surface area contributed by atoms with Crippen molar-refractivity contribution in [3.05, 3.63) is 46.5 Å². The summed E-state index contributed by atoms with van der Waals surface area (Å²) in [5.41, 5.74) is 3.10. The van der Waals surface area contributed by atoms with Gasteiger partial charge in [0.25, 0.3) is 0 Å². The third-order valence-electron chi connectivity index (χ3n) is 8.18. The minimum atomic E-state index is -1.55. The summed E-state index contributed by atoms with van der Waals surface area (Å²) in [5.74, 6) is 0.0885. The summed E-state index contributed by atoms with van der Waals surface area (Å²) < 4.78 is 5.70. The lowest BCUT2D eigenvalue weighted by atomic mass is 9.79. The summed E-state index contributed by atoms with van der Waals surface area (Å²) in [6.07, 6.45) is -5.65. The second-order valence-electron chi connectivity index (χ2n) is 17.9. The number of ether oxygens (including phenoxy) is 1. The topological polar surface area (TPSA) is 180 Å². The molecular formula is C40H67NO9S2. The first-order valence-electron chi connectivity index (χ1n) is 17.6. The SMILES string of the molecule is CC(C)(Sc1cc(C(C)(C)C)c(O)c(C(C)(C)C)c1)Sc1cc(C(C)(C)C)c(OCC(=O)O)c(C(C)(C)C)c1.CNC[C@H](O)[C@@H](O)[C@H](O)[C@H](O)CO. The zero-order valence-electron chi connectivity index (χ0n) is 34.0. The minimum Gasteiger partial charge on any atom is -0.507 e. The van der Waals surface area contributed by atoms with E-state index in [0.29, 0.717) is 11.5 Å². The van der Waals surface area contributed by atoms with E-state index in [0.717, 1.165) is 32.0 Å². The fraction of sp³-hybridized carbons (Fsp3) is 0.675. The van der Waals surface area contributed by atoms with Crippen LogP contribution in [0.5, 0.6) is 11.5 Å². The first-order valence-corrected chi connectivity index (χ1v) is 19.3. The van der Waals surface area contributed by atoms with Crippen molar-refractivity contribution in [3.8, 4) is 11.5 Å². The van der Waals surface area contributed by atoms with Crippen LogP contribution in [-0.4, -0.2) is 97.0 Å². The molecule has 2 aromatic rings. The molecule has 52 heavy (non-hydrogen) atoms. The number of thioether (sulfide) groups is 2. The summed E-state index contributed by atoms with van der Waals surface area (Å²) >= 11 is 3.59. The monoisotopic (exact) mass is 769 g/mol. The predicted octanol–water partition coefficient (Wildman–Crippen LogP) is 6.31. The van der Waals surface area contributed by atoms with Crippen molar-refractivity contribution in [1.82, 2.24) is 5.32 Å². The molecule has 0 aromatic heterocycles. The molecule has 0 fully saturated rings. The van der Waals surface area contributed by atoms with Crippen molar-refractivity contribution in [2.75, 3.05) is 26.8 Å². The van der Waals surface area contributed by atoms with Crippen LogP contribution in [0.15, 0.2) is 34.1 Å². The number of aliphatic carboxylic acids is 1. The number of carboxylic acids is 1. The predicted molar refractivity (Wildman–Crippen MR) is 213 cm³/mol. The molecule has 298 valence electrons. The third-order valence-corrected chi connectivity index (χ3v) is 10.6. The molecule has 8 N–H and O–H groups in total. The Balaban J connectivity index is 0.000000880. The highest BCUT2D eigenvalue weighted by atomic mass is 32.2. The summed E-state index contributed by atoms with van der Waals surface area (Å²) in [4.78, 5) is 13.6. The van der Waals surface area contributed by atoms with E-state index in [1.54, 1.807) is 30.6 Å². The Bertz CT molecular complexity index is 1400. The minimum absolute atomic E-state index is 0.0936. The van der Waals surface area contributed by atoms with Crippen molar-refractivity contribution in [2.45, 2.75) is 157 Å². The lowest BCUT2D eigenvalue weighted by Crippen LogP contribution is -2.48. The largest absolute Gasteiger partial charge is 0.507 e. The van der Waals surface area contributed by atoms with Crippen molar-refractivity contribution < 1.29 is 45.3 Å². The lowest BCUT2D eigenvalue weighted by Gasteiger charge is -2.32. The Morgan fingerprint density at radius 2 is 1.02 bits per heavy atom. The van der Waals surface area contributed by atoms with Gasteiger partial charge in [-0.1, -0.05) is 83.1 Å². The van der Waals surface area contributed by atoms with Gasteiger partial charge < -0.3 is 45.8 Å². The summed E-state index contributed by atoms with van der Waals surface area (Å²) in [5, 5.41) is 68.0. The van der Waals surface area contributed by atoms with E-state index in [1.807, 2.05) is 0 Å². The number of hydrogen-bond acceptors (Lipinski definition) is 11. The Morgan fingerprint density at radius 3 is 1.33 bits per heavy atom. The zero-order chi connectivity index (χ0) is 40.8. The lowest BCUT2D eigenvalue weighted by molar-refractivity contribution is -0.139. The van der Waals surface area contributed by atoms with E-state index in [-0.39, 0.29) is 38.9 Å². The molecule has 0 aliphatic rings. The molecule has 0 spiro atoms. The van der Waals surface area contributed by atoms with Gasteiger partial charge in [-0.15, -0.1) is 23.5 Å². The second-order valence-corrected chi connectivity index (χ2v) is 21.5. The van der Waals surface area contributed by atoms with Crippen molar-refractivity contribution in [2.24, 2.45) is 0 Å². The molecule has 0 unspecified atom stereocenters. The average Bonchev–Trinajstić information content (AvgIpc) is 2.97. The van der Waals surface area contributed by atoms with Crippen LogP contribution in [0.1, 0.15) is 119 Å². The van der Waals surface area contributed by atoms with Gasteiger partial charge in [0.1, 0.15) is 29.8 Å². The molecule has 0 heterocycles. The van der Waals surface area contributed by atoms with Crippen LogP contribution < -0.4 is 10.1 Å². The standard InChI is InChI=1S/C33H50O4S2.C7H17NO5/c1-29(2,3)22-15-20(16-23(27(22)36)30(4,5)6)38-33(13,14)39-21-17-24(31(7,8)9)28(37-19-26(34)35)25(18-21)32(10,11)12;1-8-2-4(10)6(12)7(13)5(11)3-9/h15-18,36H,19H2,1-14H3,(H,34,35);4-13H,2-3H2,1H3/t;4-,5+,6+,7+/m.0/s1. The van der Waals surface area contributed by atoms with E-state index < -0.39 is 37.0 Å². The van der Waals surface area contributed by atoms with Crippen LogP contribution in [-0.2, 0) is 26.5 Å². The van der Waals surface area contributed by atoms with Crippen molar-refractivity contribution in [3.63, 3.8) is 0 Å². The molecule has 0 radical (unpaired) electrons. The molecule has 0 bridgehead atoms. The van der Waals surface area contributed by atoms with Crippen LogP contribution in [0.25, 0.3) is 0 Å². The Kier molecular flexibility index (Phi) is 17.1. The highest BCUT2D eigenvalue weighted by Gasteiger charge is 2.33. The van der Waals surface area contributed by atoms with E-state index in [2.05, 4.69) is 127 Å². The highest BCUT2D eigenvalue weighted by Crippen LogP contribution is 2.51. The van der Waals surface area contributed by atoms with Gasteiger partial charge in [0.05, 0.1) is 16.8 Å². The van der Waals surface area contributed by atoms with E-state index >= 15 is 0 Å². The maximum absolute atomic E-state index is 11.4. The van der Waals surface area contributed by atoms with Crippen molar-refractivity contribution >= 4 is 29.5 Å².